The smallest absolute Gasteiger partial charge is 0.236 e. The van der Waals surface area contributed by atoms with E-state index in [4.69, 9.17) is 10.9 Å². The van der Waals surface area contributed by atoms with E-state index in [0.29, 0.717) is 13.1 Å². The Bertz CT molecular complexity index is 262. The zero-order valence-corrected chi connectivity index (χ0v) is 9.65. The Balaban J connectivity index is 2.17. The monoisotopic (exact) mass is 228 g/mol. The first-order valence-electron chi connectivity index (χ1n) is 5.61. The number of likely N-dealkylation sites (tertiary alicyclic amines) is 1. The number of nitrogens with two attached hydrogens (primary N) is 1. The summed E-state index contributed by atoms with van der Waals surface area (Å²) in [6, 6.07) is 0. The Morgan fingerprint density at radius 3 is 2.75 bits per heavy atom. The highest BCUT2D eigenvalue weighted by molar-refractivity contribution is 5.82. The molecule has 1 aliphatic heterocycles. The van der Waals surface area contributed by atoms with Crippen molar-refractivity contribution < 1.29 is 10.0 Å². The molecule has 0 aromatic heterocycles. The predicted octanol–water partition coefficient (Wildman–Crippen LogP) is -0.419. The molecule has 1 saturated heterocycles. The van der Waals surface area contributed by atoms with Crippen LogP contribution in [0.1, 0.15) is 19.8 Å². The van der Waals surface area contributed by atoms with Gasteiger partial charge in [0.2, 0.25) is 5.91 Å². The van der Waals surface area contributed by atoms with Crippen LogP contribution < -0.4 is 11.1 Å². The highest BCUT2D eigenvalue weighted by Gasteiger charge is 2.17. The summed E-state index contributed by atoms with van der Waals surface area (Å²) in [4.78, 5) is 13.5. The van der Waals surface area contributed by atoms with Gasteiger partial charge in [-0.3, -0.25) is 4.79 Å². The predicted molar refractivity (Wildman–Crippen MR) is 61.3 cm³/mol. The summed E-state index contributed by atoms with van der Waals surface area (Å²) in [5, 5.41) is 14.4. The molecule has 0 bridgehead atoms. The summed E-state index contributed by atoms with van der Waals surface area (Å²) in [6.45, 7) is 4.44. The van der Waals surface area contributed by atoms with Gasteiger partial charge in [-0.1, -0.05) is 12.1 Å². The maximum atomic E-state index is 11.6. The molecule has 0 aliphatic carbocycles. The van der Waals surface area contributed by atoms with E-state index >= 15 is 0 Å². The van der Waals surface area contributed by atoms with Crippen LogP contribution in [-0.4, -0.2) is 48.0 Å². The number of hydrogen-bond donors (Lipinski definition) is 3. The van der Waals surface area contributed by atoms with E-state index in [0.717, 1.165) is 25.9 Å². The fraction of sp³-hybridized carbons (Fsp3) is 0.800. The van der Waals surface area contributed by atoms with Gasteiger partial charge in [0, 0.05) is 25.6 Å². The number of rotatable bonds is 5. The first kappa shape index (κ1) is 12.8. The van der Waals surface area contributed by atoms with Crippen molar-refractivity contribution >= 4 is 11.7 Å². The lowest BCUT2D eigenvalue weighted by atomic mass is 10.1. The summed E-state index contributed by atoms with van der Waals surface area (Å²) in [7, 11) is 0. The molecule has 1 unspecified atom stereocenters. The number of nitrogens with zero attached hydrogens (tertiary/aromatic N) is 2. The summed E-state index contributed by atoms with van der Waals surface area (Å²) in [5.74, 6) is 0.238. The van der Waals surface area contributed by atoms with E-state index < -0.39 is 0 Å². The first-order chi connectivity index (χ1) is 7.65. The van der Waals surface area contributed by atoms with Gasteiger partial charge in [-0.25, -0.2) is 0 Å². The molecule has 4 N–H and O–H groups in total. The molecular weight excluding hydrogens is 208 g/mol. The molecule has 0 spiro atoms. The Morgan fingerprint density at radius 1 is 1.56 bits per heavy atom. The fourth-order valence-corrected chi connectivity index (χ4v) is 1.68. The number of oxime groups is 1. The van der Waals surface area contributed by atoms with E-state index in [-0.39, 0.29) is 17.7 Å². The molecule has 1 atom stereocenters. The van der Waals surface area contributed by atoms with Crippen molar-refractivity contribution in [1.29, 1.82) is 0 Å². The normalized spacial score (nSPS) is 18.8. The van der Waals surface area contributed by atoms with E-state index in [1.54, 1.807) is 0 Å². The van der Waals surface area contributed by atoms with Crippen LogP contribution in [0.3, 0.4) is 0 Å². The molecule has 0 saturated carbocycles. The van der Waals surface area contributed by atoms with Crippen LogP contribution in [-0.2, 0) is 4.79 Å². The van der Waals surface area contributed by atoms with Crippen molar-refractivity contribution in [1.82, 2.24) is 10.2 Å². The Labute approximate surface area is 95.5 Å². The Kier molecular flexibility index (Phi) is 5.04. The van der Waals surface area contributed by atoms with E-state index in [1.165, 1.54) is 0 Å². The molecule has 1 heterocycles. The van der Waals surface area contributed by atoms with Gasteiger partial charge in [0.05, 0.1) is 6.54 Å². The highest BCUT2D eigenvalue weighted by atomic mass is 16.4. The molecule has 1 rings (SSSR count). The van der Waals surface area contributed by atoms with Crippen LogP contribution in [0.4, 0.5) is 0 Å². The highest BCUT2D eigenvalue weighted by Crippen LogP contribution is 2.06. The van der Waals surface area contributed by atoms with E-state index in [9.17, 15) is 4.79 Å². The number of amidine groups is 1. The van der Waals surface area contributed by atoms with Gasteiger partial charge in [-0.15, -0.1) is 0 Å². The first-order valence-corrected chi connectivity index (χ1v) is 5.61. The second-order valence-corrected chi connectivity index (χ2v) is 4.14. The van der Waals surface area contributed by atoms with Crippen LogP contribution >= 0.6 is 0 Å². The lowest BCUT2D eigenvalue weighted by Crippen LogP contribution is -2.39. The zero-order chi connectivity index (χ0) is 12.0. The SMILES string of the molecule is CC(CNCC(=O)N1CCCC1)C(N)=NO. The van der Waals surface area contributed by atoms with Crippen LogP contribution in [0.15, 0.2) is 5.16 Å². The second-order valence-electron chi connectivity index (χ2n) is 4.14. The van der Waals surface area contributed by atoms with Crippen molar-refractivity contribution in [2.45, 2.75) is 19.8 Å². The minimum absolute atomic E-state index is 0.0728. The van der Waals surface area contributed by atoms with Crippen molar-refractivity contribution in [2.24, 2.45) is 16.8 Å². The van der Waals surface area contributed by atoms with Gasteiger partial charge >= 0.3 is 0 Å². The third-order valence-electron chi connectivity index (χ3n) is 2.81. The van der Waals surface area contributed by atoms with Gasteiger partial charge in [0.25, 0.3) is 0 Å². The van der Waals surface area contributed by atoms with Gasteiger partial charge in [0.1, 0.15) is 5.84 Å². The van der Waals surface area contributed by atoms with Crippen LogP contribution in [0, 0.1) is 5.92 Å². The average molecular weight is 228 g/mol. The summed E-state index contributed by atoms with van der Waals surface area (Å²) in [6.07, 6.45) is 2.21. The number of carbonyl (C=O) groups excluding carboxylic acids is 1. The molecule has 0 aromatic rings. The minimum Gasteiger partial charge on any atom is -0.409 e. The largest absolute Gasteiger partial charge is 0.409 e. The fourth-order valence-electron chi connectivity index (χ4n) is 1.68. The van der Waals surface area contributed by atoms with Gasteiger partial charge in [-0.05, 0) is 12.8 Å². The maximum Gasteiger partial charge on any atom is 0.236 e. The molecule has 6 nitrogen and oxygen atoms in total. The topological polar surface area (TPSA) is 91.0 Å². The van der Waals surface area contributed by atoms with E-state index in [2.05, 4.69) is 10.5 Å². The molecule has 1 fully saturated rings. The standard InChI is InChI=1S/C10H20N4O2/c1-8(10(11)13-16)6-12-7-9(15)14-4-2-3-5-14/h8,12,16H,2-7H2,1H3,(H2,11,13). The third-order valence-corrected chi connectivity index (χ3v) is 2.81. The minimum atomic E-state index is -0.0728. The molecular formula is C10H20N4O2. The van der Waals surface area contributed by atoms with Crippen molar-refractivity contribution in [3.05, 3.63) is 0 Å². The lowest BCUT2D eigenvalue weighted by Gasteiger charge is -2.16. The molecule has 0 aromatic carbocycles. The molecule has 0 radical (unpaired) electrons. The summed E-state index contributed by atoms with van der Waals surface area (Å²) < 4.78 is 0. The summed E-state index contributed by atoms with van der Waals surface area (Å²) in [5.41, 5.74) is 5.42. The van der Waals surface area contributed by atoms with Crippen LogP contribution in [0.25, 0.3) is 0 Å². The van der Waals surface area contributed by atoms with Gasteiger partial charge in [-0.2, -0.15) is 0 Å². The molecule has 6 heteroatoms. The zero-order valence-electron chi connectivity index (χ0n) is 9.65. The molecule has 92 valence electrons. The number of amides is 1. The summed E-state index contributed by atoms with van der Waals surface area (Å²) >= 11 is 0. The van der Waals surface area contributed by atoms with Crippen LogP contribution in [0.5, 0.6) is 0 Å². The number of hydrogen-bond acceptors (Lipinski definition) is 4. The van der Waals surface area contributed by atoms with Gasteiger partial charge < -0.3 is 21.2 Å². The number of nitrogens with one attached hydrogen (secondary N) is 1. The van der Waals surface area contributed by atoms with Crippen molar-refractivity contribution in [3.8, 4) is 0 Å². The molecule has 1 aliphatic rings. The van der Waals surface area contributed by atoms with Crippen LogP contribution in [0.2, 0.25) is 0 Å². The van der Waals surface area contributed by atoms with Gasteiger partial charge in [0.15, 0.2) is 0 Å². The van der Waals surface area contributed by atoms with Crippen molar-refractivity contribution in [3.63, 3.8) is 0 Å². The second kappa shape index (κ2) is 6.32. The third kappa shape index (κ3) is 3.69. The quantitative estimate of drug-likeness (QED) is 0.258. The average Bonchev–Trinajstić information content (AvgIpc) is 2.81. The number of carbonyl (C=O) groups is 1. The molecule has 16 heavy (non-hydrogen) atoms. The molecule has 1 amide bonds. The van der Waals surface area contributed by atoms with E-state index in [1.807, 2.05) is 11.8 Å². The lowest BCUT2D eigenvalue weighted by molar-refractivity contribution is -0.129. The Hall–Kier alpha value is -1.30. The maximum absolute atomic E-state index is 11.6. The van der Waals surface area contributed by atoms with Crippen molar-refractivity contribution in [2.75, 3.05) is 26.2 Å². The Morgan fingerprint density at radius 2 is 2.19 bits per heavy atom.